The molecule has 0 saturated carbocycles. The van der Waals surface area contributed by atoms with E-state index < -0.39 is 6.10 Å². The van der Waals surface area contributed by atoms with Crippen molar-refractivity contribution in [1.29, 1.82) is 0 Å². The van der Waals surface area contributed by atoms with Crippen molar-refractivity contribution in [2.75, 3.05) is 0 Å². The summed E-state index contributed by atoms with van der Waals surface area (Å²) in [6.45, 7) is 4.11. The molecule has 0 heterocycles. The van der Waals surface area contributed by atoms with Gasteiger partial charge in [0.2, 0.25) is 0 Å². The van der Waals surface area contributed by atoms with Gasteiger partial charge in [-0.3, -0.25) is 0 Å². The molecule has 1 nitrogen and oxygen atoms in total. The molecule has 0 aliphatic carbocycles. The fraction of sp³-hybridized carbons (Fsp3) is 0.200. The molecule has 0 bridgehead atoms. The van der Waals surface area contributed by atoms with Crippen molar-refractivity contribution in [1.82, 2.24) is 0 Å². The zero-order chi connectivity index (χ0) is 12.4. The molecule has 17 heavy (non-hydrogen) atoms. The van der Waals surface area contributed by atoms with Crippen LogP contribution in [-0.2, 0) is 0 Å². The number of aryl methyl sites for hydroxylation is 2. The van der Waals surface area contributed by atoms with Crippen molar-refractivity contribution in [3.05, 3.63) is 69.7 Å². The fourth-order valence-electron chi connectivity index (χ4n) is 1.77. The Morgan fingerprint density at radius 3 is 2.06 bits per heavy atom. The van der Waals surface area contributed by atoms with E-state index in [1.165, 1.54) is 11.1 Å². The van der Waals surface area contributed by atoms with Crippen LogP contribution in [0.25, 0.3) is 0 Å². The highest BCUT2D eigenvalue weighted by molar-refractivity contribution is 6.30. The summed E-state index contributed by atoms with van der Waals surface area (Å²) in [5.74, 6) is 0. The fourth-order valence-corrected chi connectivity index (χ4v) is 1.90. The van der Waals surface area contributed by atoms with Gasteiger partial charge in [0.1, 0.15) is 6.10 Å². The topological polar surface area (TPSA) is 20.2 Å². The minimum Gasteiger partial charge on any atom is -0.384 e. The monoisotopic (exact) mass is 246 g/mol. The van der Waals surface area contributed by atoms with Crippen LogP contribution < -0.4 is 0 Å². The third-order valence-corrected chi connectivity index (χ3v) is 3.28. The highest BCUT2D eigenvalue weighted by Gasteiger charge is 2.10. The number of hydrogen-bond acceptors (Lipinski definition) is 1. The Morgan fingerprint density at radius 1 is 0.882 bits per heavy atom. The van der Waals surface area contributed by atoms with E-state index in [-0.39, 0.29) is 0 Å². The summed E-state index contributed by atoms with van der Waals surface area (Å²) in [4.78, 5) is 0. The predicted molar refractivity (Wildman–Crippen MR) is 71.4 cm³/mol. The SMILES string of the molecule is Cc1ccc([C@H](O)c2ccc(Cl)cc2)cc1C. The summed E-state index contributed by atoms with van der Waals surface area (Å²) in [6.07, 6.45) is -0.591. The lowest BCUT2D eigenvalue weighted by Crippen LogP contribution is -2.00. The maximum atomic E-state index is 10.3. The lowest BCUT2D eigenvalue weighted by molar-refractivity contribution is 0.220. The Bertz CT molecular complexity index is 517. The first-order valence-corrected chi connectivity index (χ1v) is 5.96. The van der Waals surface area contributed by atoms with Gasteiger partial charge in [0.15, 0.2) is 0 Å². The standard InChI is InChI=1S/C15H15ClO/c1-10-3-4-13(9-11(10)2)15(17)12-5-7-14(16)8-6-12/h3-9,15,17H,1-2H3/t15-/m1/s1. The molecule has 1 atom stereocenters. The smallest absolute Gasteiger partial charge is 0.104 e. The summed E-state index contributed by atoms with van der Waals surface area (Å²) < 4.78 is 0. The molecular weight excluding hydrogens is 232 g/mol. The van der Waals surface area contributed by atoms with Crippen molar-refractivity contribution >= 4 is 11.6 Å². The van der Waals surface area contributed by atoms with E-state index in [9.17, 15) is 5.11 Å². The molecule has 0 spiro atoms. The number of halogens is 1. The largest absolute Gasteiger partial charge is 0.384 e. The first kappa shape index (κ1) is 12.2. The quantitative estimate of drug-likeness (QED) is 0.848. The Morgan fingerprint density at radius 2 is 1.47 bits per heavy atom. The predicted octanol–water partition coefficient (Wildman–Crippen LogP) is 4.04. The van der Waals surface area contributed by atoms with Gasteiger partial charge in [0.25, 0.3) is 0 Å². The van der Waals surface area contributed by atoms with Crippen LogP contribution >= 0.6 is 11.6 Å². The number of aliphatic hydroxyl groups is 1. The number of benzene rings is 2. The first-order valence-electron chi connectivity index (χ1n) is 5.58. The van der Waals surface area contributed by atoms with E-state index in [0.29, 0.717) is 5.02 Å². The summed E-state index contributed by atoms with van der Waals surface area (Å²) in [5.41, 5.74) is 4.20. The van der Waals surface area contributed by atoms with Crippen molar-refractivity contribution in [2.45, 2.75) is 20.0 Å². The highest BCUT2D eigenvalue weighted by Crippen LogP contribution is 2.24. The molecule has 0 fully saturated rings. The summed E-state index contributed by atoms with van der Waals surface area (Å²) >= 11 is 5.83. The molecule has 88 valence electrons. The van der Waals surface area contributed by atoms with Gasteiger partial charge < -0.3 is 5.11 Å². The van der Waals surface area contributed by atoms with E-state index in [1.807, 2.05) is 37.3 Å². The molecule has 2 aromatic carbocycles. The average molecular weight is 247 g/mol. The lowest BCUT2D eigenvalue weighted by Gasteiger charge is -2.13. The normalized spacial score (nSPS) is 12.5. The van der Waals surface area contributed by atoms with E-state index in [0.717, 1.165) is 11.1 Å². The van der Waals surface area contributed by atoms with Crippen LogP contribution in [0.5, 0.6) is 0 Å². The van der Waals surface area contributed by atoms with Crippen LogP contribution in [0.1, 0.15) is 28.4 Å². The average Bonchev–Trinajstić information content (AvgIpc) is 2.33. The van der Waals surface area contributed by atoms with Crippen LogP contribution in [0.4, 0.5) is 0 Å². The molecule has 2 rings (SSSR count). The molecule has 1 N–H and O–H groups in total. The van der Waals surface area contributed by atoms with Gasteiger partial charge in [-0.15, -0.1) is 0 Å². The third-order valence-electron chi connectivity index (χ3n) is 3.03. The molecule has 0 aromatic heterocycles. The minimum absolute atomic E-state index is 0.591. The van der Waals surface area contributed by atoms with Crippen LogP contribution in [0.15, 0.2) is 42.5 Å². The number of hydrogen-bond donors (Lipinski definition) is 1. The van der Waals surface area contributed by atoms with Gasteiger partial charge in [0, 0.05) is 5.02 Å². The van der Waals surface area contributed by atoms with Gasteiger partial charge in [-0.2, -0.15) is 0 Å². The zero-order valence-corrected chi connectivity index (χ0v) is 10.7. The maximum absolute atomic E-state index is 10.3. The van der Waals surface area contributed by atoms with Gasteiger partial charge >= 0.3 is 0 Å². The molecule has 0 unspecified atom stereocenters. The molecule has 0 amide bonds. The third kappa shape index (κ3) is 2.68. The van der Waals surface area contributed by atoms with E-state index in [2.05, 4.69) is 6.92 Å². The van der Waals surface area contributed by atoms with Gasteiger partial charge in [-0.05, 0) is 48.2 Å². The van der Waals surface area contributed by atoms with Crippen LogP contribution in [-0.4, -0.2) is 5.11 Å². The summed E-state index contributed by atoms with van der Waals surface area (Å²) in [7, 11) is 0. The van der Waals surface area contributed by atoms with Crippen molar-refractivity contribution in [2.24, 2.45) is 0 Å². The molecule has 2 aromatic rings. The van der Waals surface area contributed by atoms with Crippen molar-refractivity contribution in [3.8, 4) is 0 Å². The van der Waals surface area contributed by atoms with Crippen molar-refractivity contribution in [3.63, 3.8) is 0 Å². The highest BCUT2D eigenvalue weighted by atomic mass is 35.5. The van der Waals surface area contributed by atoms with Crippen molar-refractivity contribution < 1.29 is 5.11 Å². The second-order valence-electron chi connectivity index (χ2n) is 4.30. The van der Waals surface area contributed by atoms with Gasteiger partial charge in [0.05, 0.1) is 0 Å². The summed E-state index contributed by atoms with van der Waals surface area (Å²) in [6, 6.07) is 13.3. The van der Waals surface area contributed by atoms with Gasteiger partial charge in [-0.25, -0.2) is 0 Å². The molecule has 0 aliphatic rings. The van der Waals surface area contributed by atoms with Gasteiger partial charge in [-0.1, -0.05) is 41.9 Å². The summed E-state index contributed by atoms with van der Waals surface area (Å²) in [5, 5.41) is 10.9. The molecule has 0 aliphatic heterocycles. The molecule has 0 radical (unpaired) electrons. The van der Waals surface area contributed by atoms with Crippen LogP contribution in [0.2, 0.25) is 5.02 Å². The zero-order valence-electron chi connectivity index (χ0n) is 9.94. The maximum Gasteiger partial charge on any atom is 0.104 e. The second-order valence-corrected chi connectivity index (χ2v) is 4.73. The molecule has 0 saturated heterocycles. The second kappa shape index (κ2) is 4.91. The van der Waals surface area contributed by atoms with Crippen LogP contribution in [0, 0.1) is 13.8 Å². The molecule has 2 heteroatoms. The van der Waals surface area contributed by atoms with Crippen LogP contribution in [0.3, 0.4) is 0 Å². The first-order chi connectivity index (χ1) is 8.08. The van der Waals surface area contributed by atoms with E-state index in [4.69, 9.17) is 11.6 Å². The Labute approximate surface area is 107 Å². The number of rotatable bonds is 2. The van der Waals surface area contributed by atoms with E-state index in [1.54, 1.807) is 12.1 Å². The Hall–Kier alpha value is -1.31. The molecular formula is C15H15ClO. The number of aliphatic hydroxyl groups excluding tert-OH is 1. The lowest BCUT2D eigenvalue weighted by atomic mass is 9.98. The van der Waals surface area contributed by atoms with E-state index >= 15 is 0 Å². The Kier molecular flexibility index (Phi) is 3.51. The Balaban J connectivity index is 2.33. The minimum atomic E-state index is -0.591.